The van der Waals surface area contributed by atoms with Crippen LogP contribution in [0, 0.1) is 11.3 Å². The molecule has 0 radical (unpaired) electrons. The lowest BCUT2D eigenvalue weighted by molar-refractivity contribution is 0.660. The van der Waals surface area contributed by atoms with Crippen LogP contribution in [0.1, 0.15) is 30.5 Å². The quantitative estimate of drug-likeness (QED) is 0.192. The second-order valence-corrected chi connectivity index (χ2v) is 13.7. The summed E-state index contributed by atoms with van der Waals surface area (Å²) in [5.41, 5.74) is 14.8. The highest BCUT2D eigenvalue weighted by molar-refractivity contribution is 6.16. The number of fused-ring (bicyclic) bond motifs is 10. The largest absolute Gasteiger partial charge is 0.309 e. The van der Waals surface area contributed by atoms with Crippen LogP contribution < -0.4 is 0 Å². The van der Waals surface area contributed by atoms with E-state index in [1.165, 1.54) is 60.3 Å². The predicted molar refractivity (Wildman–Crippen MR) is 203 cm³/mol. The molecule has 0 unspecified atom stereocenters. The number of benzene rings is 7. The summed E-state index contributed by atoms with van der Waals surface area (Å²) in [6.45, 7) is 4.60. The van der Waals surface area contributed by atoms with Gasteiger partial charge in [-0.25, -0.2) is 0 Å². The van der Waals surface area contributed by atoms with E-state index < -0.39 is 0 Å². The van der Waals surface area contributed by atoms with Gasteiger partial charge in [-0.05, 0) is 82.4 Å². The second-order valence-electron chi connectivity index (χ2n) is 13.7. The van der Waals surface area contributed by atoms with Crippen molar-refractivity contribution in [3.05, 3.63) is 168 Å². The highest BCUT2D eigenvalue weighted by Gasteiger charge is 2.38. The van der Waals surface area contributed by atoms with Gasteiger partial charge >= 0.3 is 0 Å². The molecular formula is C46H31N3. The van der Waals surface area contributed by atoms with Gasteiger partial charge in [-0.3, -0.25) is 0 Å². The fourth-order valence-corrected chi connectivity index (χ4v) is 8.48. The van der Waals surface area contributed by atoms with E-state index >= 15 is 0 Å². The minimum absolute atomic E-state index is 0.177. The maximum atomic E-state index is 9.87. The Kier molecular flexibility index (Phi) is 5.69. The highest BCUT2D eigenvalue weighted by Crippen LogP contribution is 2.53. The Morgan fingerprint density at radius 1 is 0.490 bits per heavy atom. The summed E-state index contributed by atoms with van der Waals surface area (Å²) < 4.78 is 4.82. The fourth-order valence-electron chi connectivity index (χ4n) is 8.48. The van der Waals surface area contributed by atoms with E-state index in [0.29, 0.717) is 5.56 Å². The number of nitrogens with zero attached hydrogens (tertiary/aromatic N) is 3. The third-order valence-electron chi connectivity index (χ3n) is 10.7. The molecule has 0 N–H and O–H groups in total. The molecule has 1 aliphatic carbocycles. The number of hydrogen-bond donors (Lipinski definition) is 0. The monoisotopic (exact) mass is 625 g/mol. The van der Waals surface area contributed by atoms with Gasteiger partial charge in [0.05, 0.1) is 33.7 Å². The Bertz CT molecular complexity index is 2820. The van der Waals surface area contributed by atoms with Crippen molar-refractivity contribution < 1.29 is 0 Å². The van der Waals surface area contributed by atoms with Crippen LogP contribution in [0.5, 0.6) is 0 Å². The van der Waals surface area contributed by atoms with Crippen LogP contribution >= 0.6 is 0 Å². The first kappa shape index (κ1) is 27.7. The predicted octanol–water partition coefficient (Wildman–Crippen LogP) is 11.7. The van der Waals surface area contributed by atoms with Gasteiger partial charge in [0.2, 0.25) is 0 Å². The topological polar surface area (TPSA) is 33.6 Å². The molecule has 230 valence electrons. The van der Waals surface area contributed by atoms with Crippen LogP contribution in [0.4, 0.5) is 0 Å². The molecule has 0 saturated carbocycles. The molecule has 9 aromatic rings. The van der Waals surface area contributed by atoms with E-state index in [4.69, 9.17) is 0 Å². The van der Waals surface area contributed by atoms with Gasteiger partial charge in [0.1, 0.15) is 0 Å². The summed E-state index contributed by atoms with van der Waals surface area (Å²) in [5.74, 6) is 0. The molecule has 49 heavy (non-hydrogen) atoms. The molecule has 3 nitrogen and oxygen atoms in total. The van der Waals surface area contributed by atoms with Gasteiger partial charge in [0.15, 0.2) is 0 Å². The SMILES string of the molecule is CC1(C)c2ccc(C#N)cc2-c2c1ccc1c3ccccc3n(-c3cccc(-c4cccc(-n5c6ccccc6c6ccccc65)c4)c3)c21. The molecule has 0 fully saturated rings. The first-order chi connectivity index (χ1) is 24.0. The van der Waals surface area contributed by atoms with Crippen molar-refractivity contribution in [1.82, 2.24) is 9.13 Å². The van der Waals surface area contributed by atoms with Crippen molar-refractivity contribution in [3.8, 4) is 39.7 Å². The van der Waals surface area contributed by atoms with E-state index in [1.54, 1.807) is 0 Å². The lowest BCUT2D eigenvalue weighted by Gasteiger charge is -2.21. The first-order valence-corrected chi connectivity index (χ1v) is 16.8. The second kappa shape index (κ2) is 10.1. The van der Waals surface area contributed by atoms with Gasteiger partial charge in [-0.1, -0.05) is 111 Å². The fraction of sp³-hybridized carbons (Fsp3) is 0.0652. The third kappa shape index (κ3) is 3.83. The maximum absolute atomic E-state index is 9.87. The number of aromatic nitrogens is 2. The molecule has 0 atom stereocenters. The molecular weight excluding hydrogens is 595 g/mol. The molecule has 10 rings (SSSR count). The zero-order chi connectivity index (χ0) is 32.9. The molecule has 2 aromatic heterocycles. The standard InChI is InChI=1S/C46H31N3/c1-46(2)39-23-21-29(28-47)25-38(39)44-40(46)24-22-37-36-17-5-8-20-43(36)49(45(37)44)33-14-10-12-31(27-33)30-11-9-13-32(26-30)48-41-18-6-3-15-34(41)35-16-4-7-19-42(35)48/h3-27H,1-2H3. The van der Waals surface area contributed by atoms with Crippen LogP contribution in [-0.2, 0) is 5.41 Å². The summed E-state index contributed by atoms with van der Waals surface area (Å²) in [4.78, 5) is 0. The van der Waals surface area contributed by atoms with Crippen LogP contribution in [0.2, 0.25) is 0 Å². The Morgan fingerprint density at radius 2 is 1.02 bits per heavy atom. The summed E-state index contributed by atoms with van der Waals surface area (Å²) in [6.07, 6.45) is 0. The van der Waals surface area contributed by atoms with Crippen molar-refractivity contribution in [2.45, 2.75) is 19.3 Å². The minimum atomic E-state index is -0.177. The Hall–Kier alpha value is -6.37. The lowest BCUT2D eigenvalue weighted by Crippen LogP contribution is -2.14. The maximum Gasteiger partial charge on any atom is 0.0991 e. The van der Waals surface area contributed by atoms with Gasteiger partial charge < -0.3 is 9.13 Å². The molecule has 0 bridgehead atoms. The van der Waals surface area contributed by atoms with Crippen LogP contribution in [0.3, 0.4) is 0 Å². The van der Waals surface area contributed by atoms with E-state index in [-0.39, 0.29) is 5.41 Å². The average Bonchev–Trinajstić information content (AvgIpc) is 3.75. The minimum Gasteiger partial charge on any atom is -0.309 e. The van der Waals surface area contributed by atoms with Crippen LogP contribution in [0.25, 0.3) is 77.2 Å². The Morgan fingerprint density at radius 3 is 1.63 bits per heavy atom. The zero-order valence-corrected chi connectivity index (χ0v) is 27.3. The lowest BCUT2D eigenvalue weighted by atomic mass is 9.82. The molecule has 7 aromatic carbocycles. The molecule has 0 saturated heterocycles. The summed E-state index contributed by atoms with van der Waals surface area (Å²) >= 11 is 0. The van der Waals surface area contributed by atoms with Crippen molar-refractivity contribution >= 4 is 43.6 Å². The van der Waals surface area contributed by atoms with Crippen molar-refractivity contribution in [3.63, 3.8) is 0 Å². The van der Waals surface area contributed by atoms with Crippen LogP contribution in [-0.4, -0.2) is 9.13 Å². The van der Waals surface area contributed by atoms with Crippen molar-refractivity contribution in [2.75, 3.05) is 0 Å². The number of hydrogen-bond acceptors (Lipinski definition) is 1. The Labute approximate surface area is 284 Å². The van der Waals surface area contributed by atoms with Gasteiger partial charge in [0, 0.05) is 43.9 Å². The molecule has 2 heterocycles. The smallest absolute Gasteiger partial charge is 0.0991 e. The van der Waals surface area contributed by atoms with Crippen LogP contribution in [0.15, 0.2) is 152 Å². The summed E-state index contributed by atoms with van der Waals surface area (Å²) in [5, 5.41) is 14.8. The van der Waals surface area contributed by atoms with Gasteiger partial charge in [0.25, 0.3) is 0 Å². The van der Waals surface area contributed by atoms with Crippen molar-refractivity contribution in [1.29, 1.82) is 5.26 Å². The molecule has 1 aliphatic rings. The van der Waals surface area contributed by atoms with Gasteiger partial charge in [-0.2, -0.15) is 5.26 Å². The first-order valence-electron chi connectivity index (χ1n) is 16.8. The summed E-state index contributed by atoms with van der Waals surface area (Å²) in [7, 11) is 0. The highest BCUT2D eigenvalue weighted by atomic mass is 15.0. The Balaban J connectivity index is 1.21. The van der Waals surface area contributed by atoms with Crippen molar-refractivity contribution in [2.24, 2.45) is 0 Å². The average molecular weight is 626 g/mol. The normalized spacial score (nSPS) is 13.2. The van der Waals surface area contributed by atoms with E-state index in [0.717, 1.165) is 28.1 Å². The third-order valence-corrected chi connectivity index (χ3v) is 10.7. The summed E-state index contributed by atoms with van der Waals surface area (Å²) in [6, 6.07) is 57.0. The molecule has 0 amide bonds. The number of para-hydroxylation sites is 3. The number of nitriles is 1. The molecule has 0 spiro atoms. The van der Waals surface area contributed by atoms with E-state index in [2.05, 4.69) is 175 Å². The zero-order valence-electron chi connectivity index (χ0n) is 27.3. The number of rotatable bonds is 3. The van der Waals surface area contributed by atoms with E-state index in [9.17, 15) is 5.26 Å². The molecule has 3 heteroatoms. The van der Waals surface area contributed by atoms with E-state index in [1.807, 2.05) is 6.07 Å². The molecule has 0 aliphatic heterocycles. The van der Waals surface area contributed by atoms with Gasteiger partial charge in [-0.15, -0.1) is 0 Å².